The van der Waals surface area contributed by atoms with Gasteiger partial charge in [0.2, 0.25) is 0 Å². The monoisotopic (exact) mass is 295 g/mol. The molecule has 0 radical (unpaired) electrons. The smallest absolute Gasteiger partial charge is 0.269 e. The van der Waals surface area contributed by atoms with E-state index in [4.69, 9.17) is 9.47 Å². The number of hydrogen-bond acceptors (Lipinski definition) is 4. The van der Waals surface area contributed by atoms with E-state index in [1.807, 2.05) is 19.9 Å². The van der Waals surface area contributed by atoms with Crippen molar-refractivity contribution in [1.82, 2.24) is 15.1 Å². The van der Waals surface area contributed by atoms with Crippen molar-refractivity contribution in [2.24, 2.45) is 0 Å². The second-order valence-electron chi connectivity index (χ2n) is 5.54. The van der Waals surface area contributed by atoms with E-state index in [0.29, 0.717) is 38.0 Å². The average molecular weight is 295 g/mol. The number of nitrogens with zero attached hydrogens (tertiary/aromatic N) is 2. The van der Waals surface area contributed by atoms with E-state index < -0.39 is 0 Å². The fraction of sp³-hybridized carbons (Fsp3) is 0.733. The van der Waals surface area contributed by atoms with Gasteiger partial charge in [0, 0.05) is 13.2 Å². The fourth-order valence-corrected chi connectivity index (χ4v) is 2.43. The lowest BCUT2D eigenvalue weighted by atomic mass is 10.1. The van der Waals surface area contributed by atoms with Gasteiger partial charge in [-0.3, -0.25) is 9.48 Å². The van der Waals surface area contributed by atoms with Crippen LogP contribution in [0.25, 0.3) is 0 Å². The van der Waals surface area contributed by atoms with E-state index in [2.05, 4.69) is 24.3 Å². The third kappa shape index (κ3) is 3.63. The van der Waals surface area contributed by atoms with Gasteiger partial charge < -0.3 is 14.8 Å². The largest absolute Gasteiger partial charge is 0.376 e. The molecule has 2 atom stereocenters. The lowest BCUT2D eigenvalue weighted by molar-refractivity contribution is 0.0401. The fourth-order valence-electron chi connectivity index (χ4n) is 2.43. The predicted molar refractivity (Wildman–Crippen MR) is 79.5 cm³/mol. The van der Waals surface area contributed by atoms with Crippen molar-refractivity contribution < 1.29 is 14.3 Å². The molecule has 0 spiro atoms. The third-order valence-corrected chi connectivity index (χ3v) is 3.65. The molecule has 1 amide bonds. The zero-order valence-electron chi connectivity index (χ0n) is 13.3. The van der Waals surface area contributed by atoms with E-state index in [-0.39, 0.29) is 18.1 Å². The highest BCUT2D eigenvalue weighted by molar-refractivity contribution is 5.93. The minimum absolute atomic E-state index is 0.0680. The summed E-state index contributed by atoms with van der Waals surface area (Å²) in [4.78, 5) is 12.5. The van der Waals surface area contributed by atoms with Crippen LogP contribution < -0.4 is 5.32 Å². The molecule has 0 aromatic carbocycles. The maximum atomic E-state index is 12.5. The molecule has 21 heavy (non-hydrogen) atoms. The predicted octanol–water partition coefficient (Wildman–Crippen LogP) is 1.56. The van der Waals surface area contributed by atoms with Gasteiger partial charge in [-0.05, 0) is 25.8 Å². The van der Waals surface area contributed by atoms with Crippen LogP contribution in [0, 0.1) is 0 Å². The van der Waals surface area contributed by atoms with E-state index in [1.54, 1.807) is 4.68 Å². The van der Waals surface area contributed by atoms with Gasteiger partial charge in [0.15, 0.2) is 0 Å². The van der Waals surface area contributed by atoms with Gasteiger partial charge in [-0.25, -0.2) is 0 Å². The van der Waals surface area contributed by atoms with Crippen LogP contribution >= 0.6 is 0 Å². The molecule has 1 aliphatic heterocycles. The first kappa shape index (κ1) is 16.0. The normalized spacial score (nSPS) is 22.0. The average Bonchev–Trinajstić information content (AvgIpc) is 3.06. The number of carbonyl (C=O) groups excluding carboxylic acids is 1. The van der Waals surface area contributed by atoms with Gasteiger partial charge in [0.05, 0.1) is 24.9 Å². The van der Waals surface area contributed by atoms with Crippen molar-refractivity contribution >= 4 is 5.91 Å². The second kappa shape index (κ2) is 7.04. The van der Waals surface area contributed by atoms with Crippen LogP contribution in [0.15, 0.2) is 6.07 Å². The Labute approximate surface area is 125 Å². The summed E-state index contributed by atoms with van der Waals surface area (Å²) in [6, 6.07) is 1.77. The molecule has 1 aromatic rings. The molecule has 118 valence electrons. The summed E-state index contributed by atoms with van der Waals surface area (Å²) in [5.74, 6) is 0.187. The van der Waals surface area contributed by atoms with Gasteiger partial charge in [0.25, 0.3) is 5.91 Å². The van der Waals surface area contributed by atoms with Gasteiger partial charge in [-0.15, -0.1) is 0 Å². The van der Waals surface area contributed by atoms with Gasteiger partial charge >= 0.3 is 0 Å². The van der Waals surface area contributed by atoms with Crippen LogP contribution in [-0.4, -0.2) is 47.7 Å². The Morgan fingerprint density at radius 3 is 2.90 bits per heavy atom. The maximum Gasteiger partial charge on any atom is 0.269 e. The number of rotatable bonds is 6. The number of nitrogens with one attached hydrogen (secondary N) is 1. The van der Waals surface area contributed by atoms with Crippen molar-refractivity contribution in [2.75, 3.05) is 19.8 Å². The topological polar surface area (TPSA) is 65.4 Å². The molecule has 6 nitrogen and oxygen atoms in total. The van der Waals surface area contributed by atoms with Gasteiger partial charge in [-0.2, -0.15) is 5.10 Å². The van der Waals surface area contributed by atoms with Crippen molar-refractivity contribution in [3.8, 4) is 0 Å². The van der Waals surface area contributed by atoms with Crippen LogP contribution in [0.4, 0.5) is 0 Å². The quantitative estimate of drug-likeness (QED) is 0.865. The minimum Gasteiger partial charge on any atom is -0.376 e. The number of hydrogen-bond donors (Lipinski definition) is 1. The Morgan fingerprint density at radius 2 is 2.29 bits per heavy atom. The summed E-state index contributed by atoms with van der Waals surface area (Å²) in [6.45, 7) is 10.4. The Hall–Kier alpha value is -1.40. The molecule has 1 saturated heterocycles. The van der Waals surface area contributed by atoms with Gasteiger partial charge in [0.1, 0.15) is 11.8 Å². The van der Waals surface area contributed by atoms with Crippen molar-refractivity contribution in [3.63, 3.8) is 0 Å². The van der Waals surface area contributed by atoms with Crippen LogP contribution in [-0.2, 0) is 16.0 Å². The first-order chi connectivity index (χ1) is 10.1. The van der Waals surface area contributed by atoms with Crippen LogP contribution in [0.3, 0.4) is 0 Å². The van der Waals surface area contributed by atoms with Crippen LogP contribution in [0.2, 0.25) is 0 Å². The van der Waals surface area contributed by atoms with E-state index in [0.717, 1.165) is 5.69 Å². The molecule has 0 saturated carbocycles. The van der Waals surface area contributed by atoms with Crippen LogP contribution in [0.1, 0.15) is 49.8 Å². The summed E-state index contributed by atoms with van der Waals surface area (Å²) < 4.78 is 12.7. The highest BCUT2D eigenvalue weighted by Crippen LogP contribution is 2.16. The van der Waals surface area contributed by atoms with Crippen molar-refractivity contribution in [1.29, 1.82) is 0 Å². The number of amides is 1. The number of ether oxygens (including phenoxy) is 2. The molecule has 6 heteroatoms. The van der Waals surface area contributed by atoms with E-state index >= 15 is 0 Å². The summed E-state index contributed by atoms with van der Waals surface area (Å²) in [6.07, 6.45) is -0.0680. The summed E-state index contributed by atoms with van der Waals surface area (Å²) in [5, 5.41) is 7.48. The molecule has 1 fully saturated rings. The highest BCUT2D eigenvalue weighted by Gasteiger charge is 2.31. The lowest BCUT2D eigenvalue weighted by Gasteiger charge is -2.18. The number of aryl methyl sites for hydroxylation is 1. The zero-order valence-corrected chi connectivity index (χ0v) is 13.3. The molecule has 1 aliphatic rings. The van der Waals surface area contributed by atoms with Crippen molar-refractivity contribution in [2.45, 2.75) is 52.3 Å². The lowest BCUT2D eigenvalue weighted by Crippen LogP contribution is -2.44. The molecular weight excluding hydrogens is 270 g/mol. The summed E-state index contributed by atoms with van der Waals surface area (Å²) in [5.41, 5.74) is 1.54. The molecule has 2 heterocycles. The SMILES string of the molecule is CCO[C@H]1COC[C@@H]1NC(=O)c1cc(C(C)C)nn1CC. The Morgan fingerprint density at radius 1 is 1.52 bits per heavy atom. The van der Waals surface area contributed by atoms with Crippen molar-refractivity contribution in [3.05, 3.63) is 17.5 Å². The molecule has 1 aromatic heterocycles. The standard InChI is InChI=1S/C15H25N3O3/c1-5-18-13(7-11(17-18)10(3)4)15(19)16-12-8-20-9-14(12)21-6-2/h7,10,12,14H,5-6,8-9H2,1-4H3,(H,16,19)/t12-,14-/m0/s1. The molecule has 2 rings (SSSR count). The summed E-state index contributed by atoms with van der Waals surface area (Å²) >= 11 is 0. The van der Waals surface area contributed by atoms with Gasteiger partial charge in [-0.1, -0.05) is 13.8 Å². The first-order valence-corrected chi connectivity index (χ1v) is 7.64. The highest BCUT2D eigenvalue weighted by atomic mass is 16.5. The minimum atomic E-state index is -0.114. The molecule has 0 unspecified atom stereocenters. The third-order valence-electron chi connectivity index (χ3n) is 3.65. The van der Waals surface area contributed by atoms with Crippen LogP contribution in [0.5, 0.6) is 0 Å². The molecule has 0 aliphatic carbocycles. The maximum absolute atomic E-state index is 12.5. The second-order valence-corrected chi connectivity index (χ2v) is 5.54. The Bertz CT molecular complexity index is 485. The first-order valence-electron chi connectivity index (χ1n) is 7.64. The Balaban J connectivity index is 2.09. The number of carbonyl (C=O) groups is 1. The molecule has 0 bridgehead atoms. The van der Waals surface area contributed by atoms with E-state index in [9.17, 15) is 4.79 Å². The zero-order chi connectivity index (χ0) is 15.4. The summed E-state index contributed by atoms with van der Waals surface area (Å²) in [7, 11) is 0. The molecule has 1 N–H and O–H groups in total. The molecular formula is C15H25N3O3. The Kier molecular flexibility index (Phi) is 5.36. The number of aromatic nitrogens is 2. The van der Waals surface area contributed by atoms with E-state index in [1.165, 1.54) is 0 Å².